The van der Waals surface area contributed by atoms with Gasteiger partial charge in [0.1, 0.15) is 0 Å². The van der Waals surface area contributed by atoms with Crippen molar-refractivity contribution in [3.05, 3.63) is 68.7 Å². The van der Waals surface area contributed by atoms with Gasteiger partial charge in [-0.15, -0.1) is 0 Å². The summed E-state index contributed by atoms with van der Waals surface area (Å²) in [5.74, 6) is -1.42. The summed E-state index contributed by atoms with van der Waals surface area (Å²) in [6.45, 7) is 0. The molecular weight excluding hydrogens is 373 g/mol. The monoisotopic (exact) mass is 383 g/mol. The zero-order chi connectivity index (χ0) is 17.9. The van der Waals surface area contributed by atoms with Gasteiger partial charge in [-0.05, 0) is 48.0 Å². The van der Waals surface area contributed by atoms with E-state index in [0.29, 0.717) is 26.9 Å². The summed E-state index contributed by atoms with van der Waals surface area (Å²) in [5.41, 5.74) is 1.36. The van der Waals surface area contributed by atoms with Crippen molar-refractivity contribution < 1.29 is 14.7 Å². The summed E-state index contributed by atoms with van der Waals surface area (Å²) in [6.07, 6.45) is 2.36. The van der Waals surface area contributed by atoms with Crippen molar-refractivity contribution >= 4 is 58.4 Å². The van der Waals surface area contributed by atoms with Crippen molar-refractivity contribution in [2.24, 2.45) is 0 Å². The topological polar surface area (TPSA) is 57.6 Å². The molecule has 2 rings (SSSR count). The molecule has 0 unspecified atom stereocenters. The normalized spacial score (nSPS) is 10.8. The molecule has 0 radical (unpaired) electrons. The van der Waals surface area contributed by atoms with Gasteiger partial charge in [-0.2, -0.15) is 0 Å². The maximum Gasteiger partial charge on any atom is 0.328 e. The summed E-state index contributed by atoms with van der Waals surface area (Å²) < 4.78 is 0. The minimum absolute atomic E-state index is 0.276. The summed E-state index contributed by atoms with van der Waals surface area (Å²) in [6, 6.07) is 9.42. The van der Waals surface area contributed by atoms with Crippen molar-refractivity contribution in [2.75, 3.05) is 11.9 Å². The molecule has 2 aromatic rings. The average Bonchev–Trinajstić information content (AvgIpc) is 2.54. The van der Waals surface area contributed by atoms with Gasteiger partial charge in [-0.1, -0.05) is 34.8 Å². The Morgan fingerprint density at radius 2 is 1.75 bits per heavy atom. The van der Waals surface area contributed by atoms with E-state index in [0.717, 1.165) is 6.08 Å². The lowest BCUT2D eigenvalue weighted by Gasteiger charge is -2.20. The first-order valence-corrected chi connectivity index (χ1v) is 7.86. The molecule has 0 bridgehead atoms. The Kier molecular flexibility index (Phi) is 5.89. The van der Waals surface area contributed by atoms with Gasteiger partial charge in [-0.3, -0.25) is 4.79 Å². The van der Waals surface area contributed by atoms with Gasteiger partial charge >= 0.3 is 5.97 Å². The van der Waals surface area contributed by atoms with E-state index >= 15 is 0 Å². The highest BCUT2D eigenvalue weighted by Crippen LogP contribution is 2.28. The van der Waals surface area contributed by atoms with Crippen LogP contribution >= 0.6 is 34.8 Å². The predicted octanol–water partition coefficient (Wildman–Crippen LogP) is 5.02. The number of carbonyl (C=O) groups is 2. The number of benzene rings is 2. The van der Waals surface area contributed by atoms with E-state index in [2.05, 4.69) is 0 Å². The lowest BCUT2D eigenvalue weighted by Crippen LogP contribution is -2.26. The third-order valence-electron chi connectivity index (χ3n) is 3.23. The van der Waals surface area contributed by atoms with Crippen LogP contribution in [-0.4, -0.2) is 24.0 Å². The molecule has 4 nitrogen and oxygen atoms in total. The molecule has 0 aliphatic heterocycles. The van der Waals surface area contributed by atoms with Gasteiger partial charge in [0.05, 0.1) is 15.7 Å². The number of carboxylic acid groups (broad SMARTS) is 1. The molecule has 0 saturated heterocycles. The third kappa shape index (κ3) is 4.29. The number of amides is 1. The molecule has 2 aromatic carbocycles. The van der Waals surface area contributed by atoms with Crippen LogP contribution in [0.15, 0.2) is 42.5 Å². The fourth-order valence-electron chi connectivity index (χ4n) is 2.06. The Bertz CT molecular complexity index is 834. The molecule has 124 valence electrons. The Hall–Kier alpha value is -2.01. The molecule has 1 amide bonds. The standard InChI is InChI=1S/C17H12Cl3NO3/c1-21(17(24)11-2-5-13(19)14(20)9-11)15-6-4-12(18)8-10(15)3-7-16(22)23/h2-9H,1H3,(H,22,23). The van der Waals surface area contributed by atoms with Gasteiger partial charge in [-0.25, -0.2) is 4.79 Å². The van der Waals surface area contributed by atoms with E-state index in [4.69, 9.17) is 39.9 Å². The quantitative estimate of drug-likeness (QED) is 0.753. The van der Waals surface area contributed by atoms with Gasteiger partial charge < -0.3 is 10.0 Å². The van der Waals surface area contributed by atoms with Crippen LogP contribution in [0.3, 0.4) is 0 Å². The number of aliphatic carboxylic acids is 1. The second-order valence-electron chi connectivity index (χ2n) is 4.87. The predicted molar refractivity (Wildman–Crippen MR) is 97.3 cm³/mol. The Morgan fingerprint density at radius 1 is 1.04 bits per heavy atom. The molecule has 0 fully saturated rings. The molecule has 0 aromatic heterocycles. The second-order valence-corrected chi connectivity index (χ2v) is 6.12. The smallest absolute Gasteiger partial charge is 0.328 e. The van der Waals surface area contributed by atoms with Gasteiger partial charge in [0.2, 0.25) is 0 Å². The number of nitrogens with zero attached hydrogens (tertiary/aromatic N) is 1. The van der Waals surface area contributed by atoms with E-state index in [9.17, 15) is 9.59 Å². The van der Waals surface area contributed by atoms with Crippen LogP contribution in [0.2, 0.25) is 15.1 Å². The molecule has 1 N–H and O–H groups in total. The highest BCUT2D eigenvalue weighted by atomic mass is 35.5. The number of rotatable bonds is 4. The average molecular weight is 385 g/mol. The maximum atomic E-state index is 12.6. The number of carboxylic acids is 1. The van der Waals surface area contributed by atoms with Gasteiger partial charge in [0.25, 0.3) is 5.91 Å². The largest absolute Gasteiger partial charge is 0.478 e. The van der Waals surface area contributed by atoms with Crippen molar-refractivity contribution in [3.8, 4) is 0 Å². The molecule has 0 heterocycles. The zero-order valence-corrected chi connectivity index (χ0v) is 14.7. The minimum Gasteiger partial charge on any atom is -0.478 e. The second kappa shape index (κ2) is 7.71. The summed E-state index contributed by atoms with van der Waals surface area (Å²) in [5, 5.41) is 9.85. The molecule has 0 saturated carbocycles. The first kappa shape index (κ1) is 18.3. The number of anilines is 1. The molecule has 0 spiro atoms. The van der Waals surface area contributed by atoms with Crippen molar-refractivity contribution in [3.63, 3.8) is 0 Å². The number of halogens is 3. The van der Waals surface area contributed by atoms with E-state index in [1.54, 1.807) is 31.3 Å². The van der Waals surface area contributed by atoms with Crippen LogP contribution in [0.25, 0.3) is 6.08 Å². The Labute approximate surface area is 153 Å². The number of carbonyl (C=O) groups excluding carboxylic acids is 1. The Balaban J connectivity index is 2.41. The molecule has 0 aliphatic carbocycles. The summed E-state index contributed by atoms with van der Waals surface area (Å²) in [7, 11) is 1.58. The lowest BCUT2D eigenvalue weighted by molar-refractivity contribution is -0.131. The van der Waals surface area contributed by atoms with E-state index in [-0.39, 0.29) is 10.9 Å². The summed E-state index contributed by atoms with van der Waals surface area (Å²) >= 11 is 17.8. The molecular formula is C17H12Cl3NO3. The summed E-state index contributed by atoms with van der Waals surface area (Å²) in [4.78, 5) is 24.8. The molecule has 7 heteroatoms. The van der Waals surface area contributed by atoms with Crippen LogP contribution < -0.4 is 4.90 Å². The van der Waals surface area contributed by atoms with Crippen LogP contribution in [0.5, 0.6) is 0 Å². The lowest BCUT2D eigenvalue weighted by atomic mass is 10.1. The van der Waals surface area contributed by atoms with Gasteiger partial charge in [0.15, 0.2) is 0 Å². The highest BCUT2D eigenvalue weighted by molar-refractivity contribution is 6.42. The molecule has 24 heavy (non-hydrogen) atoms. The molecule has 0 atom stereocenters. The Morgan fingerprint density at radius 3 is 2.38 bits per heavy atom. The van der Waals surface area contributed by atoms with Crippen LogP contribution in [0.4, 0.5) is 5.69 Å². The van der Waals surface area contributed by atoms with E-state index in [1.807, 2.05) is 0 Å². The fourth-order valence-corrected chi connectivity index (χ4v) is 2.54. The highest BCUT2D eigenvalue weighted by Gasteiger charge is 2.17. The minimum atomic E-state index is -1.10. The maximum absolute atomic E-state index is 12.6. The van der Waals surface area contributed by atoms with Crippen molar-refractivity contribution in [1.29, 1.82) is 0 Å². The van der Waals surface area contributed by atoms with E-state index < -0.39 is 5.97 Å². The van der Waals surface area contributed by atoms with Crippen LogP contribution in [-0.2, 0) is 4.79 Å². The number of hydrogen-bond donors (Lipinski definition) is 1. The SMILES string of the molecule is CN(C(=O)c1ccc(Cl)c(Cl)c1)c1ccc(Cl)cc1C=CC(=O)O. The zero-order valence-electron chi connectivity index (χ0n) is 12.5. The fraction of sp³-hybridized carbons (Fsp3) is 0.0588. The molecule has 0 aliphatic rings. The van der Waals surface area contributed by atoms with Gasteiger partial charge in [0, 0.05) is 23.7 Å². The first-order chi connectivity index (χ1) is 11.3. The third-order valence-corrected chi connectivity index (χ3v) is 4.20. The van der Waals surface area contributed by atoms with Crippen molar-refractivity contribution in [1.82, 2.24) is 0 Å². The number of hydrogen-bond acceptors (Lipinski definition) is 2. The van der Waals surface area contributed by atoms with Crippen molar-refractivity contribution in [2.45, 2.75) is 0 Å². The van der Waals surface area contributed by atoms with E-state index in [1.165, 1.54) is 23.1 Å². The van der Waals surface area contributed by atoms with Crippen LogP contribution in [0, 0.1) is 0 Å². The first-order valence-electron chi connectivity index (χ1n) is 6.73. The van der Waals surface area contributed by atoms with Crippen LogP contribution in [0.1, 0.15) is 15.9 Å².